The number of nitriles is 1. The van der Waals surface area contributed by atoms with Crippen LogP contribution in [0.25, 0.3) is 0 Å². The summed E-state index contributed by atoms with van der Waals surface area (Å²) >= 11 is 0. The Morgan fingerprint density at radius 1 is 1.38 bits per heavy atom. The molecule has 0 aliphatic heterocycles. The van der Waals surface area contributed by atoms with Crippen LogP contribution >= 0.6 is 0 Å². The van der Waals surface area contributed by atoms with Gasteiger partial charge in [0.25, 0.3) is 0 Å². The summed E-state index contributed by atoms with van der Waals surface area (Å²) in [5, 5.41) is 11.6. The van der Waals surface area contributed by atoms with Crippen LogP contribution in [0.3, 0.4) is 0 Å². The molecule has 13 heavy (non-hydrogen) atoms. The molecule has 0 rings (SSSR count). The molecule has 1 N–H and O–H groups in total. The zero-order chi connectivity index (χ0) is 9.94. The van der Waals surface area contributed by atoms with Gasteiger partial charge >= 0.3 is 0 Å². The van der Waals surface area contributed by atoms with E-state index in [1.807, 2.05) is 6.92 Å². The van der Waals surface area contributed by atoms with Crippen molar-refractivity contribution in [2.45, 2.75) is 45.6 Å². The summed E-state index contributed by atoms with van der Waals surface area (Å²) in [6.45, 7) is 5.00. The molecule has 2 heteroatoms. The molecule has 0 amide bonds. The molecule has 2 nitrogen and oxygen atoms in total. The smallest absolute Gasteiger partial charge is 0.0924 e. The zero-order valence-corrected chi connectivity index (χ0v) is 8.71. The minimum Gasteiger partial charge on any atom is -0.302 e. The molecule has 0 aliphatic rings. The molecule has 74 valence electrons. The van der Waals surface area contributed by atoms with Crippen molar-refractivity contribution < 1.29 is 0 Å². The highest BCUT2D eigenvalue weighted by Gasteiger charge is 1.94. The summed E-state index contributed by atoms with van der Waals surface area (Å²) in [5.41, 5.74) is 0. The van der Waals surface area contributed by atoms with E-state index in [0.29, 0.717) is 0 Å². The Kier molecular flexibility index (Phi) is 8.70. The van der Waals surface area contributed by atoms with Gasteiger partial charge in [0.05, 0.1) is 12.1 Å². The number of nitrogens with one attached hydrogen (secondary N) is 1. The normalized spacial score (nSPS) is 13.0. The van der Waals surface area contributed by atoms with Crippen molar-refractivity contribution in [3.63, 3.8) is 0 Å². The topological polar surface area (TPSA) is 35.8 Å². The highest BCUT2D eigenvalue weighted by atomic mass is 14.9. The summed E-state index contributed by atoms with van der Waals surface area (Å²) in [7, 11) is 0. The third-order valence-electron chi connectivity index (χ3n) is 1.81. The predicted octanol–water partition coefficient (Wildman–Crippen LogP) is 2.62. The lowest BCUT2D eigenvalue weighted by atomic mass is 10.2. The van der Waals surface area contributed by atoms with Crippen LogP contribution in [0.15, 0.2) is 12.2 Å². The molecule has 0 saturated carbocycles. The van der Waals surface area contributed by atoms with Gasteiger partial charge in [0.15, 0.2) is 0 Å². The van der Waals surface area contributed by atoms with E-state index in [4.69, 9.17) is 5.26 Å². The fourth-order valence-corrected chi connectivity index (χ4v) is 0.986. The number of hydrogen-bond donors (Lipinski definition) is 1. The van der Waals surface area contributed by atoms with Crippen LogP contribution in [-0.4, -0.2) is 12.6 Å². The van der Waals surface area contributed by atoms with Crippen molar-refractivity contribution in [3.05, 3.63) is 12.2 Å². The molecule has 1 atom stereocenters. The number of unbranched alkanes of at least 4 members (excludes halogenated alkanes) is 2. The molecule has 0 aliphatic carbocycles. The monoisotopic (exact) mass is 180 g/mol. The Balaban J connectivity index is 3.13. The Morgan fingerprint density at radius 3 is 2.69 bits per heavy atom. The zero-order valence-electron chi connectivity index (χ0n) is 8.71. The minimum absolute atomic E-state index is 0.0142. The third-order valence-corrected chi connectivity index (χ3v) is 1.81. The molecule has 0 aromatic carbocycles. The predicted molar refractivity (Wildman–Crippen MR) is 56.4 cm³/mol. The van der Waals surface area contributed by atoms with E-state index < -0.39 is 0 Å². The van der Waals surface area contributed by atoms with Gasteiger partial charge < -0.3 is 5.32 Å². The molecule has 0 fully saturated rings. The highest BCUT2D eigenvalue weighted by molar-refractivity contribution is 4.86. The van der Waals surface area contributed by atoms with Crippen molar-refractivity contribution in [2.24, 2.45) is 0 Å². The molecule has 0 saturated heterocycles. The maximum absolute atomic E-state index is 8.48. The molecule has 0 aromatic heterocycles. The van der Waals surface area contributed by atoms with E-state index in [2.05, 4.69) is 30.5 Å². The first-order valence-electron chi connectivity index (χ1n) is 5.09. The van der Waals surface area contributed by atoms with Crippen LogP contribution in [0.1, 0.15) is 39.5 Å². The highest BCUT2D eigenvalue weighted by Crippen LogP contribution is 1.94. The van der Waals surface area contributed by atoms with Gasteiger partial charge in [-0.05, 0) is 32.7 Å². The van der Waals surface area contributed by atoms with Gasteiger partial charge in [-0.2, -0.15) is 5.26 Å². The van der Waals surface area contributed by atoms with Crippen LogP contribution in [0.2, 0.25) is 0 Å². The van der Waals surface area contributed by atoms with E-state index in [1.165, 1.54) is 12.8 Å². The molecule has 0 heterocycles. The number of allylic oxidation sites excluding steroid dienone is 2. The molecule has 1 unspecified atom stereocenters. The van der Waals surface area contributed by atoms with Gasteiger partial charge in [0.2, 0.25) is 0 Å². The second-order valence-electron chi connectivity index (χ2n) is 3.21. The lowest BCUT2D eigenvalue weighted by Gasteiger charge is -2.03. The second-order valence-corrected chi connectivity index (χ2v) is 3.21. The molecule has 0 bridgehead atoms. The van der Waals surface area contributed by atoms with Gasteiger partial charge in [0, 0.05) is 0 Å². The van der Waals surface area contributed by atoms with E-state index in [-0.39, 0.29) is 6.04 Å². The summed E-state index contributed by atoms with van der Waals surface area (Å²) in [6.07, 6.45) is 9.09. The fourth-order valence-electron chi connectivity index (χ4n) is 0.986. The van der Waals surface area contributed by atoms with E-state index in [1.54, 1.807) is 0 Å². The maximum atomic E-state index is 8.48. The quantitative estimate of drug-likeness (QED) is 0.483. The SMILES string of the molecule is CCC/C=C/CCCNC(C)C#N. The number of hydrogen-bond acceptors (Lipinski definition) is 2. The van der Waals surface area contributed by atoms with Crippen molar-refractivity contribution in [2.75, 3.05) is 6.54 Å². The average Bonchev–Trinajstić information content (AvgIpc) is 2.16. The van der Waals surface area contributed by atoms with E-state index >= 15 is 0 Å². The summed E-state index contributed by atoms with van der Waals surface area (Å²) in [4.78, 5) is 0. The molecule has 0 aromatic rings. The first-order valence-corrected chi connectivity index (χ1v) is 5.09. The molecular weight excluding hydrogens is 160 g/mol. The largest absolute Gasteiger partial charge is 0.302 e. The maximum Gasteiger partial charge on any atom is 0.0924 e. The van der Waals surface area contributed by atoms with Crippen molar-refractivity contribution in [3.8, 4) is 6.07 Å². The van der Waals surface area contributed by atoms with Gasteiger partial charge in [-0.1, -0.05) is 25.5 Å². The van der Waals surface area contributed by atoms with Crippen molar-refractivity contribution in [1.82, 2.24) is 5.32 Å². The Morgan fingerprint density at radius 2 is 2.08 bits per heavy atom. The van der Waals surface area contributed by atoms with Gasteiger partial charge in [-0.3, -0.25) is 0 Å². The second kappa shape index (κ2) is 9.28. The molecule has 0 spiro atoms. The summed E-state index contributed by atoms with van der Waals surface area (Å²) in [5.74, 6) is 0. The van der Waals surface area contributed by atoms with Gasteiger partial charge in [-0.15, -0.1) is 0 Å². The lowest BCUT2D eigenvalue weighted by Crippen LogP contribution is -2.24. The Labute approximate surface area is 81.6 Å². The van der Waals surface area contributed by atoms with Crippen molar-refractivity contribution >= 4 is 0 Å². The minimum atomic E-state index is -0.0142. The van der Waals surface area contributed by atoms with Gasteiger partial charge in [0.1, 0.15) is 0 Å². The van der Waals surface area contributed by atoms with Crippen LogP contribution in [-0.2, 0) is 0 Å². The van der Waals surface area contributed by atoms with Crippen LogP contribution < -0.4 is 5.32 Å². The van der Waals surface area contributed by atoms with Crippen LogP contribution in [0.5, 0.6) is 0 Å². The fraction of sp³-hybridized carbons (Fsp3) is 0.727. The van der Waals surface area contributed by atoms with E-state index in [9.17, 15) is 0 Å². The molecule has 0 radical (unpaired) electrons. The van der Waals surface area contributed by atoms with Crippen LogP contribution in [0.4, 0.5) is 0 Å². The standard InChI is InChI=1S/C11H20N2/c1-3-4-5-6-7-8-9-13-11(2)10-12/h5-6,11,13H,3-4,7-9H2,1-2H3/b6-5+. The first kappa shape index (κ1) is 12.2. The first-order chi connectivity index (χ1) is 6.31. The lowest BCUT2D eigenvalue weighted by molar-refractivity contribution is 0.617. The van der Waals surface area contributed by atoms with E-state index in [0.717, 1.165) is 19.4 Å². The summed E-state index contributed by atoms with van der Waals surface area (Å²) < 4.78 is 0. The summed E-state index contributed by atoms with van der Waals surface area (Å²) in [6, 6.07) is 2.13. The third kappa shape index (κ3) is 9.10. The van der Waals surface area contributed by atoms with Gasteiger partial charge in [-0.25, -0.2) is 0 Å². The Bertz CT molecular complexity index is 167. The van der Waals surface area contributed by atoms with Crippen LogP contribution in [0, 0.1) is 11.3 Å². The molecular formula is C11H20N2. The Hall–Kier alpha value is -0.810. The number of rotatable bonds is 7. The van der Waals surface area contributed by atoms with Crippen molar-refractivity contribution in [1.29, 1.82) is 5.26 Å². The average molecular weight is 180 g/mol. The number of nitrogens with zero attached hydrogens (tertiary/aromatic N) is 1.